The number of aliphatic hydroxyl groups is 1. The van der Waals surface area contributed by atoms with Gasteiger partial charge in [-0.2, -0.15) is 0 Å². The van der Waals surface area contributed by atoms with E-state index < -0.39 is 34.6 Å². The molecule has 30 heavy (non-hydrogen) atoms. The van der Waals surface area contributed by atoms with Crippen LogP contribution in [0.25, 0.3) is 0 Å². The average Bonchev–Trinajstić information content (AvgIpc) is 3.33. The Bertz CT molecular complexity index is 1030. The lowest BCUT2D eigenvalue weighted by atomic mass is 9.63. The number of rotatable bonds is 1. The van der Waals surface area contributed by atoms with Gasteiger partial charge in [0.2, 0.25) is 5.60 Å². The molecule has 2 aliphatic heterocycles. The van der Waals surface area contributed by atoms with E-state index in [-0.39, 0.29) is 29.6 Å². The molecular weight excluding hydrogens is 390 g/mol. The van der Waals surface area contributed by atoms with E-state index in [4.69, 9.17) is 9.57 Å². The number of hydrogen-bond donors (Lipinski definition) is 3. The molecule has 5 rings (SSSR count). The van der Waals surface area contributed by atoms with Crippen LogP contribution < -0.4 is 0 Å². The third-order valence-electron chi connectivity index (χ3n) is 7.66. The lowest BCUT2D eigenvalue weighted by Gasteiger charge is -2.43. The number of ketones is 1. The monoisotopic (exact) mass is 413 g/mol. The molecule has 2 fully saturated rings. The van der Waals surface area contributed by atoms with Crippen molar-refractivity contribution in [2.24, 2.45) is 22.4 Å². The fourth-order valence-electron chi connectivity index (χ4n) is 5.65. The Morgan fingerprint density at radius 1 is 1.17 bits per heavy atom. The van der Waals surface area contributed by atoms with Gasteiger partial charge >= 0.3 is 5.97 Å². The summed E-state index contributed by atoms with van der Waals surface area (Å²) in [6.07, 6.45) is 3.31. The summed E-state index contributed by atoms with van der Waals surface area (Å²) in [6, 6.07) is 4.27. The maximum absolute atomic E-state index is 13.1. The number of oxime groups is 1. The summed E-state index contributed by atoms with van der Waals surface area (Å²) in [7, 11) is 0. The van der Waals surface area contributed by atoms with Crippen LogP contribution in [0.1, 0.15) is 38.7 Å². The van der Waals surface area contributed by atoms with E-state index in [9.17, 15) is 24.9 Å². The van der Waals surface area contributed by atoms with Gasteiger partial charge in [-0.25, -0.2) is 4.79 Å². The first-order valence-corrected chi connectivity index (χ1v) is 10.1. The van der Waals surface area contributed by atoms with Crippen LogP contribution in [0, 0.1) is 17.3 Å². The predicted octanol–water partition coefficient (Wildman–Crippen LogP) is 1.81. The molecule has 6 atom stereocenters. The number of benzene rings is 1. The Hall–Kier alpha value is -2.87. The van der Waals surface area contributed by atoms with Gasteiger partial charge in [0.15, 0.2) is 17.3 Å². The van der Waals surface area contributed by atoms with Crippen LogP contribution >= 0.6 is 0 Å². The Balaban J connectivity index is 1.53. The van der Waals surface area contributed by atoms with Crippen molar-refractivity contribution >= 4 is 17.5 Å². The molecule has 1 saturated heterocycles. The number of phenols is 2. The van der Waals surface area contributed by atoms with Crippen molar-refractivity contribution in [1.29, 1.82) is 0 Å². The van der Waals surface area contributed by atoms with Crippen molar-refractivity contribution < 1.29 is 34.5 Å². The number of nitrogens with zero attached hydrogens (tertiary/aromatic N) is 1. The van der Waals surface area contributed by atoms with Crippen LogP contribution in [0.4, 0.5) is 0 Å². The van der Waals surface area contributed by atoms with E-state index in [1.165, 1.54) is 24.3 Å². The Labute approximate surface area is 172 Å². The van der Waals surface area contributed by atoms with Gasteiger partial charge in [-0.3, -0.25) is 4.79 Å². The number of hydrogen-bond acceptors (Lipinski definition) is 8. The van der Waals surface area contributed by atoms with E-state index in [1.54, 1.807) is 13.0 Å². The summed E-state index contributed by atoms with van der Waals surface area (Å²) in [5, 5.41) is 34.9. The molecule has 8 nitrogen and oxygen atoms in total. The number of esters is 1. The molecular formula is C22H23NO7. The average molecular weight is 413 g/mol. The summed E-state index contributed by atoms with van der Waals surface area (Å²) < 4.78 is 5.76. The lowest BCUT2D eigenvalue weighted by Crippen LogP contribution is -2.57. The smallest absolute Gasteiger partial charge is 0.354 e. The van der Waals surface area contributed by atoms with E-state index >= 15 is 0 Å². The molecule has 1 saturated carbocycles. The van der Waals surface area contributed by atoms with Crippen LogP contribution in [0.3, 0.4) is 0 Å². The summed E-state index contributed by atoms with van der Waals surface area (Å²) in [5.74, 6) is -2.10. The van der Waals surface area contributed by atoms with Crippen LogP contribution in [-0.4, -0.2) is 50.1 Å². The summed E-state index contributed by atoms with van der Waals surface area (Å²) in [4.78, 5) is 31.7. The lowest BCUT2D eigenvalue weighted by molar-refractivity contribution is -0.169. The SMILES string of the molecule is C[C@H]1CCC2C(OC(=O)C23CC(c2ccc(O)c(O)c2)=NO3)[C@]2(C)C(=O)C=C[C@@]12O. The Morgan fingerprint density at radius 3 is 2.67 bits per heavy atom. The number of carbonyl (C=O) groups is 2. The van der Waals surface area contributed by atoms with E-state index in [0.29, 0.717) is 24.1 Å². The number of allylic oxidation sites excluding steroid dienone is 1. The minimum absolute atomic E-state index is 0.113. The van der Waals surface area contributed by atoms with Crippen molar-refractivity contribution in [3.8, 4) is 11.5 Å². The molecule has 2 heterocycles. The minimum atomic E-state index is -1.40. The second kappa shape index (κ2) is 5.85. The predicted molar refractivity (Wildman–Crippen MR) is 104 cm³/mol. The van der Waals surface area contributed by atoms with Gasteiger partial charge in [0.25, 0.3) is 0 Å². The first kappa shape index (κ1) is 19.1. The van der Waals surface area contributed by atoms with E-state index in [2.05, 4.69) is 5.16 Å². The number of phenolic OH excluding ortho intramolecular Hbond substituents is 2. The molecule has 4 aliphatic rings. The van der Waals surface area contributed by atoms with Crippen LogP contribution in [0.5, 0.6) is 11.5 Å². The van der Waals surface area contributed by atoms with Crippen molar-refractivity contribution in [1.82, 2.24) is 0 Å². The Morgan fingerprint density at radius 2 is 1.93 bits per heavy atom. The van der Waals surface area contributed by atoms with Crippen LogP contribution in [0.15, 0.2) is 35.5 Å². The second-order valence-corrected chi connectivity index (χ2v) is 9.04. The summed E-state index contributed by atoms with van der Waals surface area (Å²) in [5.41, 5.74) is -3.13. The topological polar surface area (TPSA) is 126 Å². The maximum Gasteiger partial charge on any atom is 0.354 e. The minimum Gasteiger partial charge on any atom is -0.504 e. The van der Waals surface area contributed by atoms with Crippen molar-refractivity contribution in [3.05, 3.63) is 35.9 Å². The summed E-state index contributed by atoms with van der Waals surface area (Å²) >= 11 is 0. The highest BCUT2D eigenvalue weighted by Gasteiger charge is 2.73. The largest absolute Gasteiger partial charge is 0.504 e. The van der Waals surface area contributed by atoms with E-state index in [1.807, 2.05) is 6.92 Å². The van der Waals surface area contributed by atoms with Crippen molar-refractivity contribution in [2.75, 3.05) is 0 Å². The molecule has 3 N–H and O–H groups in total. The quantitative estimate of drug-likeness (QED) is 0.473. The highest BCUT2D eigenvalue weighted by molar-refractivity contribution is 6.06. The molecule has 1 aromatic rings. The third kappa shape index (κ3) is 2.12. The molecule has 3 unspecified atom stereocenters. The van der Waals surface area contributed by atoms with Gasteiger partial charge < -0.3 is 24.9 Å². The standard InChI is InChI=1S/C22H23NO7/c1-11-3-5-13-18(20(2)17(26)7-8-22(11,20)28)29-19(27)21(13)10-14(23-30-21)12-4-6-15(24)16(25)9-12/h4,6-9,11,13,18,24-25,28H,3,5,10H2,1-2H3/t11-,13?,18?,20-,21?,22+/m0/s1. The zero-order chi connectivity index (χ0) is 21.5. The van der Waals surface area contributed by atoms with Crippen LogP contribution in [-0.2, 0) is 19.2 Å². The normalized spacial score (nSPS) is 41.8. The molecule has 2 aliphatic carbocycles. The maximum atomic E-state index is 13.1. The third-order valence-corrected chi connectivity index (χ3v) is 7.66. The number of carbonyl (C=O) groups excluding carboxylic acids is 2. The molecule has 158 valence electrons. The highest BCUT2D eigenvalue weighted by atomic mass is 16.7. The molecule has 1 spiro atoms. The van der Waals surface area contributed by atoms with Gasteiger partial charge in [-0.05, 0) is 56.0 Å². The van der Waals surface area contributed by atoms with Gasteiger partial charge in [0, 0.05) is 12.0 Å². The van der Waals surface area contributed by atoms with Gasteiger partial charge in [-0.1, -0.05) is 12.1 Å². The van der Waals surface area contributed by atoms with Gasteiger partial charge in [0.1, 0.15) is 17.1 Å². The van der Waals surface area contributed by atoms with Gasteiger partial charge in [-0.15, -0.1) is 0 Å². The van der Waals surface area contributed by atoms with Crippen molar-refractivity contribution in [3.63, 3.8) is 0 Å². The molecule has 0 radical (unpaired) electrons. The van der Waals surface area contributed by atoms with Crippen LogP contribution in [0.2, 0.25) is 0 Å². The molecule has 8 heteroatoms. The molecule has 0 aromatic heterocycles. The first-order chi connectivity index (χ1) is 14.1. The fourth-order valence-corrected chi connectivity index (χ4v) is 5.65. The van der Waals surface area contributed by atoms with Gasteiger partial charge in [0.05, 0.1) is 11.6 Å². The highest BCUT2D eigenvalue weighted by Crippen LogP contribution is 2.59. The number of fused-ring (bicyclic) bond motifs is 4. The molecule has 0 bridgehead atoms. The first-order valence-electron chi connectivity index (χ1n) is 10.1. The fraction of sp³-hybridized carbons (Fsp3) is 0.500. The zero-order valence-corrected chi connectivity index (χ0v) is 16.7. The molecule has 1 aromatic carbocycles. The second-order valence-electron chi connectivity index (χ2n) is 9.04. The molecule has 0 amide bonds. The Kier molecular flexibility index (Phi) is 3.72. The van der Waals surface area contributed by atoms with E-state index in [0.717, 1.165) is 0 Å². The van der Waals surface area contributed by atoms with Crippen molar-refractivity contribution in [2.45, 2.75) is 50.4 Å². The number of aromatic hydroxyl groups is 2. The summed E-state index contributed by atoms with van der Waals surface area (Å²) in [6.45, 7) is 3.56. The number of ether oxygens (including phenoxy) is 1. The zero-order valence-electron chi connectivity index (χ0n) is 16.7.